The smallest absolute Gasteiger partial charge is 0.338 e. The zero-order valence-electron chi connectivity index (χ0n) is 19.5. The molecule has 0 radical (unpaired) electrons. The molecule has 2 aromatic carbocycles. The molecule has 186 valence electrons. The molecule has 5 rings (SSSR count). The lowest BCUT2D eigenvalue weighted by Crippen LogP contribution is -2.40. The predicted molar refractivity (Wildman–Crippen MR) is 141 cm³/mol. The lowest BCUT2D eigenvalue weighted by molar-refractivity contribution is -0.139. The van der Waals surface area contributed by atoms with Crippen molar-refractivity contribution in [2.45, 2.75) is 19.9 Å². The zero-order valence-corrected chi connectivity index (χ0v) is 23.5. The molecule has 0 saturated heterocycles. The van der Waals surface area contributed by atoms with Crippen LogP contribution < -0.4 is 29.1 Å². The molecule has 8 nitrogen and oxygen atoms in total. The van der Waals surface area contributed by atoms with E-state index < -0.39 is 12.0 Å². The van der Waals surface area contributed by atoms with Gasteiger partial charge in [0.15, 0.2) is 16.3 Å². The fraction of sp³-hybridized carbons (Fsp3) is 0.240. The number of thiazole rings is 1. The number of hydrogen-bond donors (Lipinski definition) is 0. The second-order valence-corrected chi connectivity index (χ2v) is 10.6. The van der Waals surface area contributed by atoms with Crippen LogP contribution in [-0.4, -0.2) is 31.0 Å². The highest BCUT2D eigenvalue weighted by molar-refractivity contribution is 9.10. The Morgan fingerprint density at radius 2 is 1.97 bits per heavy atom. The van der Waals surface area contributed by atoms with Gasteiger partial charge in [-0.3, -0.25) is 9.36 Å². The van der Waals surface area contributed by atoms with Crippen molar-refractivity contribution in [2.75, 3.05) is 20.5 Å². The fourth-order valence-electron chi connectivity index (χ4n) is 4.14. The Morgan fingerprint density at radius 1 is 1.22 bits per heavy atom. The van der Waals surface area contributed by atoms with Crippen LogP contribution in [0.2, 0.25) is 0 Å². The van der Waals surface area contributed by atoms with E-state index >= 15 is 0 Å². The second-order valence-electron chi connectivity index (χ2n) is 7.92. The fourth-order valence-corrected chi connectivity index (χ4v) is 6.18. The number of ether oxygens (including phenoxy) is 4. The topological polar surface area (TPSA) is 88.4 Å². The molecule has 2 aliphatic rings. The maximum atomic E-state index is 13.8. The molecule has 0 aliphatic carbocycles. The van der Waals surface area contributed by atoms with Crippen LogP contribution in [0.1, 0.15) is 31.0 Å². The molecule has 11 heteroatoms. The van der Waals surface area contributed by atoms with Gasteiger partial charge in [0, 0.05) is 4.47 Å². The number of nitrogens with zero attached hydrogens (tertiary/aromatic N) is 2. The highest BCUT2D eigenvalue weighted by atomic mass is 79.9. The first-order chi connectivity index (χ1) is 17.3. The monoisotopic (exact) mass is 634 g/mol. The van der Waals surface area contributed by atoms with E-state index in [1.54, 1.807) is 37.7 Å². The van der Waals surface area contributed by atoms with Crippen LogP contribution in [0.5, 0.6) is 17.2 Å². The molecular weight excluding hydrogens is 616 g/mol. The molecular formula is C25H20Br2N2O6S. The Labute approximate surface area is 226 Å². The third kappa shape index (κ3) is 4.29. The van der Waals surface area contributed by atoms with Gasteiger partial charge < -0.3 is 18.9 Å². The van der Waals surface area contributed by atoms with E-state index in [1.807, 2.05) is 24.3 Å². The molecule has 0 amide bonds. The Bertz CT molecular complexity index is 1610. The van der Waals surface area contributed by atoms with Crippen molar-refractivity contribution in [3.8, 4) is 17.2 Å². The number of hydrogen-bond acceptors (Lipinski definition) is 8. The first-order valence-electron chi connectivity index (χ1n) is 10.9. The number of methoxy groups -OCH3 is 1. The van der Waals surface area contributed by atoms with Gasteiger partial charge in [-0.15, -0.1) is 0 Å². The summed E-state index contributed by atoms with van der Waals surface area (Å²) >= 11 is 8.32. The number of carbonyl (C=O) groups is 1. The predicted octanol–water partition coefficient (Wildman–Crippen LogP) is 4.06. The van der Waals surface area contributed by atoms with E-state index in [9.17, 15) is 9.59 Å². The number of esters is 1. The van der Waals surface area contributed by atoms with Gasteiger partial charge in [0.25, 0.3) is 5.56 Å². The molecule has 0 bridgehead atoms. The van der Waals surface area contributed by atoms with Gasteiger partial charge in [-0.2, -0.15) is 0 Å². The van der Waals surface area contributed by atoms with Gasteiger partial charge in [0.05, 0.1) is 40.0 Å². The van der Waals surface area contributed by atoms with Crippen LogP contribution in [0.4, 0.5) is 0 Å². The molecule has 0 saturated carbocycles. The number of fused-ring (bicyclic) bond motifs is 2. The largest absolute Gasteiger partial charge is 0.496 e. The summed E-state index contributed by atoms with van der Waals surface area (Å²) in [5.41, 5.74) is 2.03. The molecule has 3 aromatic rings. The van der Waals surface area contributed by atoms with Crippen molar-refractivity contribution < 1.29 is 23.7 Å². The van der Waals surface area contributed by atoms with Gasteiger partial charge in [-0.25, -0.2) is 9.79 Å². The van der Waals surface area contributed by atoms with Crippen LogP contribution in [0.15, 0.2) is 60.3 Å². The van der Waals surface area contributed by atoms with E-state index in [0.717, 1.165) is 15.6 Å². The van der Waals surface area contributed by atoms with Crippen LogP contribution in [0, 0.1) is 0 Å². The standard InChI is InChI=1S/C25H20Br2N2O6S/c1-4-33-24(31)21-12(2)28-25-29(22(21)13-5-6-17(32-3)16(27)7-13)23(30)20(36-25)9-14-8-18-19(10-15(14)26)35-11-34-18/h5-10,22H,4,11H2,1-3H3/b20-9+/t22-/m1/s1. The maximum absolute atomic E-state index is 13.8. The van der Waals surface area contributed by atoms with Crippen LogP contribution in [-0.2, 0) is 9.53 Å². The van der Waals surface area contributed by atoms with Gasteiger partial charge in [-0.1, -0.05) is 33.3 Å². The normalized spacial score (nSPS) is 16.6. The summed E-state index contributed by atoms with van der Waals surface area (Å²) in [5.74, 6) is 1.37. The summed E-state index contributed by atoms with van der Waals surface area (Å²) in [7, 11) is 1.57. The summed E-state index contributed by atoms with van der Waals surface area (Å²) in [5, 5.41) is 0. The molecule has 0 N–H and O–H groups in total. The summed E-state index contributed by atoms with van der Waals surface area (Å²) in [6.07, 6.45) is 1.78. The van der Waals surface area contributed by atoms with Crippen molar-refractivity contribution in [3.63, 3.8) is 0 Å². The molecule has 0 spiro atoms. The molecule has 1 atom stereocenters. The average molecular weight is 636 g/mol. The number of halogens is 2. The van der Waals surface area contributed by atoms with E-state index in [4.69, 9.17) is 18.9 Å². The second kappa shape index (κ2) is 9.87. The van der Waals surface area contributed by atoms with Gasteiger partial charge in [0.2, 0.25) is 6.79 Å². The van der Waals surface area contributed by atoms with Crippen molar-refractivity contribution in [2.24, 2.45) is 4.99 Å². The first-order valence-corrected chi connectivity index (χ1v) is 13.3. The molecule has 3 heterocycles. The third-order valence-electron chi connectivity index (χ3n) is 5.79. The first kappa shape index (κ1) is 24.8. The summed E-state index contributed by atoms with van der Waals surface area (Å²) in [4.78, 5) is 31.9. The summed E-state index contributed by atoms with van der Waals surface area (Å²) in [6, 6.07) is 8.37. The third-order valence-corrected chi connectivity index (χ3v) is 8.08. The number of carbonyl (C=O) groups excluding carboxylic acids is 1. The Balaban J connectivity index is 1.72. The lowest BCUT2D eigenvalue weighted by Gasteiger charge is -2.25. The highest BCUT2D eigenvalue weighted by Crippen LogP contribution is 2.37. The minimum atomic E-state index is -0.718. The lowest BCUT2D eigenvalue weighted by atomic mass is 9.96. The minimum absolute atomic E-state index is 0.154. The number of rotatable bonds is 5. The Hall–Kier alpha value is -2.89. The maximum Gasteiger partial charge on any atom is 0.338 e. The van der Waals surface area contributed by atoms with Crippen LogP contribution >= 0.6 is 43.2 Å². The van der Waals surface area contributed by atoms with Crippen molar-refractivity contribution >= 4 is 55.2 Å². The number of aromatic nitrogens is 1. The van der Waals surface area contributed by atoms with Gasteiger partial charge in [-0.05, 0) is 71.2 Å². The average Bonchev–Trinajstić information content (AvgIpc) is 3.42. The molecule has 36 heavy (non-hydrogen) atoms. The molecule has 2 aliphatic heterocycles. The zero-order chi connectivity index (χ0) is 25.6. The van der Waals surface area contributed by atoms with Crippen LogP contribution in [0.3, 0.4) is 0 Å². The Kier molecular flexibility index (Phi) is 6.80. The summed E-state index contributed by atoms with van der Waals surface area (Å²) in [6.45, 7) is 3.85. The van der Waals surface area contributed by atoms with E-state index in [1.165, 1.54) is 11.3 Å². The van der Waals surface area contributed by atoms with Crippen molar-refractivity contribution in [1.82, 2.24) is 4.57 Å². The molecule has 0 unspecified atom stereocenters. The van der Waals surface area contributed by atoms with E-state index in [-0.39, 0.29) is 19.0 Å². The van der Waals surface area contributed by atoms with Crippen molar-refractivity contribution in [1.29, 1.82) is 0 Å². The number of benzene rings is 2. The minimum Gasteiger partial charge on any atom is -0.496 e. The van der Waals surface area contributed by atoms with Gasteiger partial charge >= 0.3 is 5.97 Å². The van der Waals surface area contributed by atoms with E-state index in [0.29, 0.717) is 42.3 Å². The molecule has 0 fully saturated rings. The summed E-state index contributed by atoms with van der Waals surface area (Å²) < 4.78 is 25.1. The number of allylic oxidation sites excluding steroid dienone is 1. The molecule has 1 aromatic heterocycles. The van der Waals surface area contributed by atoms with Crippen molar-refractivity contribution in [3.05, 3.63) is 81.4 Å². The van der Waals surface area contributed by atoms with E-state index in [2.05, 4.69) is 36.9 Å². The quantitative estimate of drug-likeness (QED) is 0.393. The van der Waals surface area contributed by atoms with Crippen LogP contribution in [0.25, 0.3) is 6.08 Å². The highest BCUT2D eigenvalue weighted by Gasteiger charge is 2.33. The Morgan fingerprint density at radius 3 is 2.67 bits per heavy atom. The SMILES string of the molecule is CCOC(=O)C1=C(C)N=c2s/c(=C/c3cc4c(cc3Br)OCO4)c(=O)n2[C@@H]1c1ccc(OC)c(Br)c1. The van der Waals surface area contributed by atoms with Gasteiger partial charge in [0.1, 0.15) is 5.75 Å².